The molecule has 0 amide bonds. The molecule has 0 aliphatic heterocycles. The van der Waals surface area contributed by atoms with Gasteiger partial charge in [-0.15, -0.1) is 24.0 Å². The highest BCUT2D eigenvalue weighted by atomic mass is 127. The Bertz CT molecular complexity index is 450. The van der Waals surface area contributed by atoms with E-state index in [9.17, 15) is 0 Å². The summed E-state index contributed by atoms with van der Waals surface area (Å²) in [5, 5.41) is 4.32. The van der Waals surface area contributed by atoms with Gasteiger partial charge in [0.2, 0.25) is 0 Å². The largest absolute Gasteiger partial charge is 0.143 e. The van der Waals surface area contributed by atoms with Crippen LogP contribution in [0.4, 0.5) is 0 Å². The molecule has 13 heavy (non-hydrogen) atoms. The van der Waals surface area contributed by atoms with Gasteiger partial charge < -0.3 is 0 Å². The second kappa shape index (κ2) is 4.08. The Kier molecular flexibility index (Phi) is 3.22. The van der Waals surface area contributed by atoms with Crippen molar-refractivity contribution in [2.45, 2.75) is 10.2 Å². The van der Waals surface area contributed by atoms with Crippen molar-refractivity contribution in [1.29, 1.82) is 0 Å². The topological polar surface area (TPSA) is 0 Å². The maximum Gasteiger partial charge on any atom is 0.0395 e. The van der Waals surface area contributed by atoms with Gasteiger partial charge in [-0.1, -0.05) is 15.9 Å². The van der Waals surface area contributed by atoms with Crippen molar-refractivity contribution >= 4 is 72.6 Å². The van der Waals surface area contributed by atoms with E-state index < -0.39 is 0 Å². The van der Waals surface area contributed by atoms with Gasteiger partial charge in [0.05, 0.1) is 0 Å². The van der Waals surface area contributed by atoms with Gasteiger partial charge in [0, 0.05) is 18.5 Å². The summed E-state index contributed by atoms with van der Waals surface area (Å²) in [4.78, 5) is 1.10. The van der Waals surface area contributed by atoms with Crippen LogP contribution in [0.25, 0.3) is 10.1 Å². The minimum absolute atomic E-state index is 0.875. The fourth-order valence-corrected chi connectivity index (χ4v) is 4.14. The Balaban J connectivity index is 2.87. The summed E-state index contributed by atoms with van der Waals surface area (Å²) >= 11 is 12.1. The zero-order valence-corrected chi connectivity index (χ0v) is 12.0. The van der Waals surface area contributed by atoms with E-state index in [2.05, 4.69) is 68.7 Å². The molecule has 0 saturated carbocycles. The van der Waals surface area contributed by atoms with Crippen molar-refractivity contribution in [3.05, 3.63) is 26.6 Å². The Morgan fingerprint density at radius 3 is 3.00 bits per heavy atom. The highest BCUT2D eigenvalue weighted by molar-refractivity contribution is 14.1. The standard InChI is InChI=1S/C9H6BrIS2/c10-4-6-8(12)7(11)3-5-1-2-13-9(5)6/h1-3,12H,4H2. The lowest BCUT2D eigenvalue weighted by atomic mass is 10.2. The van der Waals surface area contributed by atoms with Crippen LogP contribution in [0.2, 0.25) is 0 Å². The molecule has 0 bridgehead atoms. The van der Waals surface area contributed by atoms with Crippen LogP contribution in [0.3, 0.4) is 0 Å². The molecule has 0 radical (unpaired) electrons. The smallest absolute Gasteiger partial charge is 0.0395 e. The highest BCUT2D eigenvalue weighted by Gasteiger charge is 2.08. The molecule has 2 rings (SSSR count). The summed E-state index contributed by atoms with van der Waals surface area (Å²) < 4.78 is 2.57. The monoisotopic (exact) mass is 384 g/mol. The molecule has 1 heterocycles. The predicted molar refractivity (Wildman–Crippen MR) is 74.4 cm³/mol. The van der Waals surface area contributed by atoms with Gasteiger partial charge in [0.1, 0.15) is 0 Å². The zero-order chi connectivity index (χ0) is 9.42. The summed E-state index contributed by atoms with van der Waals surface area (Å²) in [5.41, 5.74) is 1.31. The van der Waals surface area contributed by atoms with Gasteiger partial charge in [0.25, 0.3) is 0 Å². The number of rotatable bonds is 1. The zero-order valence-electron chi connectivity index (χ0n) is 6.55. The molecule has 0 N–H and O–H groups in total. The molecule has 1 aromatic heterocycles. The highest BCUT2D eigenvalue weighted by Crippen LogP contribution is 2.34. The molecule has 0 atom stereocenters. The first-order valence-electron chi connectivity index (χ1n) is 3.67. The molecule has 0 fully saturated rings. The van der Waals surface area contributed by atoms with E-state index in [1.54, 1.807) is 11.3 Å². The molecule has 0 aliphatic rings. The van der Waals surface area contributed by atoms with Gasteiger partial charge >= 0.3 is 0 Å². The molecular formula is C9H6BrIS2. The molecule has 0 unspecified atom stereocenters. The second-order valence-electron chi connectivity index (χ2n) is 2.66. The number of hydrogen-bond acceptors (Lipinski definition) is 2. The second-order valence-corrected chi connectivity index (χ2v) is 5.74. The summed E-state index contributed by atoms with van der Waals surface area (Å²) in [6, 6.07) is 4.34. The Hall–Kier alpha value is 0.740. The fourth-order valence-electron chi connectivity index (χ4n) is 1.26. The van der Waals surface area contributed by atoms with Crippen molar-refractivity contribution in [1.82, 2.24) is 0 Å². The molecule has 0 nitrogen and oxygen atoms in total. The van der Waals surface area contributed by atoms with E-state index in [1.165, 1.54) is 19.2 Å². The molecule has 2 aromatic rings. The lowest BCUT2D eigenvalue weighted by molar-refractivity contribution is 1.31. The van der Waals surface area contributed by atoms with Gasteiger partial charge in [-0.3, -0.25) is 0 Å². The average Bonchev–Trinajstić information content (AvgIpc) is 2.54. The molecule has 1 aromatic carbocycles. The van der Waals surface area contributed by atoms with Crippen LogP contribution >= 0.6 is 62.5 Å². The van der Waals surface area contributed by atoms with E-state index in [0.29, 0.717) is 0 Å². The van der Waals surface area contributed by atoms with Crippen LogP contribution in [0, 0.1) is 3.57 Å². The quantitative estimate of drug-likeness (QED) is 0.411. The Morgan fingerprint density at radius 2 is 2.31 bits per heavy atom. The molecular weight excluding hydrogens is 379 g/mol. The summed E-state index contributed by atoms with van der Waals surface area (Å²) in [6.07, 6.45) is 0. The van der Waals surface area contributed by atoms with Crippen molar-refractivity contribution in [2.24, 2.45) is 0 Å². The molecule has 0 saturated heterocycles. The Labute approximate surface area is 108 Å². The predicted octanol–water partition coefficient (Wildman–Crippen LogP) is 4.69. The summed E-state index contributed by atoms with van der Waals surface area (Å²) in [5.74, 6) is 0. The minimum Gasteiger partial charge on any atom is -0.143 e. The van der Waals surface area contributed by atoms with Gasteiger partial charge in [-0.25, -0.2) is 0 Å². The first-order chi connectivity index (χ1) is 6.24. The fraction of sp³-hybridized carbons (Fsp3) is 0.111. The lowest BCUT2D eigenvalue weighted by Crippen LogP contribution is -1.85. The van der Waals surface area contributed by atoms with E-state index in [4.69, 9.17) is 0 Å². The van der Waals surface area contributed by atoms with Gasteiger partial charge in [0.15, 0.2) is 0 Å². The van der Waals surface area contributed by atoms with Crippen molar-refractivity contribution in [3.8, 4) is 0 Å². The molecule has 68 valence electrons. The molecule has 4 heteroatoms. The van der Waals surface area contributed by atoms with Crippen LogP contribution in [-0.4, -0.2) is 0 Å². The van der Waals surface area contributed by atoms with Crippen molar-refractivity contribution in [2.75, 3.05) is 0 Å². The third kappa shape index (κ3) is 1.78. The number of halogens is 2. The van der Waals surface area contributed by atoms with Crippen molar-refractivity contribution < 1.29 is 0 Å². The SMILES string of the molecule is Sc1c(I)cc2ccsc2c1CBr. The average molecular weight is 385 g/mol. The first kappa shape index (κ1) is 10.3. The van der Waals surface area contributed by atoms with Crippen LogP contribution in [0.15, 0.2) is 22.4 Å². The summed E-state index contributed by atoms with van der Waals surface area (Å²) in [7, 11) is 0. The number of thiophene rings is 1. The number of hydrogen-bond donors (Lipinski definition) is 1. The third-order valence-electron chi connectivity index (χ3n) is 1.90. The van der Waals surface area contributed by atoms with Crippen LogP contribution in [0.5, 0.6) is 0 Å². The lowest BCUT2D eigenvalue weighted by Gasteiger charge is -2.05. The van der Waals surface area contributed by atoms with Crippen LogP contribution < -0.4 is 0 Å². The normalized spacial score (nSPS) is 11.0. The number of fused-ring (bicyclic) bond motifs is 1. The van der Waals surface area contributed by atoms with E-state index in [-0.39, 0.29) is 0 Å². The minimum atomic E-state index is 0.875. The van der Waals surface area contributed by atoms with Gasteiger partial charge in [-0.2, -0.15) is 0 Å². The van der Waals surface area contributed by atoms with Crippen LogP contribution in [-0.2, 0) is 5.33 Å². The van der Waals surface area contributed by atoms with Gasteiger partial charge in [-0.05, 0) is 51.1 Å². The molecule has 0 aliphatic carbocycles. The maximum atomic E-state index is 4.51. The first-order valence-corrected chi connectivity index (χ1v) is 7.20. The third-order valence-corrected chi connectivity index (χ3v) is 5.24. The van der Waals surface area contributed by atoms with E-state index in [1.807, 2.05) is 0 Å². The van der Waals surface area contributed by atoms with Crippen LogP contribution in [0.1, 0.15) is 5.56 Å². The van der Waals surface area contributed by atoms with E-state index in [0.717, 1.165) is 10.2 Å². The number of thiol groups is 1. The number of benzene rings is 1. The summed E-state index contributed by atoms with van der Waals surface area (Å²) in [6.45, 7) is 0. The maximum absolute atomic E-state index is 4.51. The number of alkyl halides is 1. The van der Waals surface area contributed by atoms with E-state index >= 15 is 0 Å². The Morgan fingerprint density at radius 1 is 1.54 bits per heavy atom. The van der Waals surface area contributed by atoms with Crippen molar-refractivity contribution in [3.63, 3.8) is 0 Å². The molecule has 0 spiro atoms.